The Morgan fingerprint density at radius 3 is 3.00 bits per heavy atom. The minimum absolute atomic E-state index is 0.604. The van der Waals surface area contributed by atoms with E-state index in [9.17, 15) is 0 Å². The lowest BCUT2D eigenvalue weighted by Gasteiger charge is -2.47. The van der Waals surface area contributed by atoms with Crippen LogP contribution in [0.1, 0.15) is 39.0 Å². The highest BCUT2D eigenvalue weighted by Crippen LogP contribution is 2.37. The molecular formula is C12H23NS. The topological polar surface area (TPSA) is 3.24 Å². The van der Waals surface area contributed by atoms with Crippen LogP contribution in [0, 0.1) is 5.41 Å². The molecule has 0 aromatic rings. The Morgan fingerprint density at radius 2 is 2.21 bits per heavy atom. The number of hydrogen-bond acceptors (Lipinski definition) is 2. The summed E-state index contributed by atoms with van der Waals surface area (Å²) in [6.07, 6.45) is 9.53. The maximum atomic E-state index is 2.77. The van der Waals surface area contributed by atoms with Gasteiger partial charge in [0.25, 0.3) is 0 Å². The van der Waals surface area contributed by atoms with Gasteiger partial charge < -0.3 is 0 Å². The van der Waals surface area contributed by atoms with E-state index in [1.165, 1.54) is 50.9 Å². The molecule has 2 heterocycles. The highest BCUT2D eigenvalue weighted by Gasteiger charge is 2.36. The predicted molar refractivity (Wildman–Crippen MR) is 64.9 cm³/mol. The number of hydrogen-bond donors (Lipinski definition) is 0. The van der Waals surface area contributed by atoms with E-state index in [-0.39, 0.29) is 0 Å². The second kappa shape index (κ2) is 4.44. The summed E-state index contributed by atoms with van der Waals surface area (Å²) in [5.41, 5.74) is 0.604. The molecule has 0 bridgehead atoms. The van der Waals surface area contributed by atoms with Crippen molar-refractivity contribution in [2.45, 2.75) is 45.1 Å². The van der Waals surface area contributed by atoms with Gasteiger partial charge in [-0.3, -0.25) is 4.90 Å². The normalized spacial score (nSPS) is 39.4. The molecule has 2 heteroatoms. The minimum Gasteiger partial charge on any atom is -0.300 e. The van der Waals surface area contributed by atoms with Crippen LogP contribution < -0.4 is 0 Å². The first kappa shape index (κ1) is 10.8. The third-order valence-electron chi connectivity index (χ3n) is 3.91. The van der Waals surface area contributed by atoms with Gasteiger partial charge in [-0.25, -0.2) is 0 Å². The average Bonchev–Trinajstić information content (AvgIpc) is 2.17. The Kier molecular flexibility index (Phi) is 3.43. The number of piperidine rings is 2. The summed E-state index contributed by atoms with van der Waals surface area (Å²) in [4.78, 5) is 2.77. The van der Waals surface area contributed by atoms with Crippen LogP contribution in [0.15, 0.2) is 0 Å². The largest absolute Gasteiger partial charge is 0.300 e. The monoisotopic (exact) mass is 213 g/mol. The number of rotatable bonds is 2. The SMILES string of the molecule is CSC[C@@]1(C)CC[C@H]2CCCCN2C1. The van der Waals surface area contributed by atoms with Gasteiger partial charge >= 0.3 is 0 Å². The van der Waals surface area contributed by atoms with Crippen LogP contribution in [-0.2, 0) is 0 Å². The maximum Gasteiger partial charge on any atom is 0.00957 e. The molecule has 2 rings (SSSR count). The van der Waals surface area contributed by atoms with Crippen molar-refractivity contribution in [2.24, 2.45) is 5.41 Å². The van der Waals surface area contributed by atoms with E-state index in [0.29, 0.717) is 5.41 Å². The van der Waals surface area contributed by atoms with Crippen molar-refractivity contribution in [3.05, 3.63) is 0 Å². The van der Waals surface area contributed by atoms with Crippen LogP contribution in [0.5, 0.6) is 0 Å². The number of fused-ring (bicyclic) bond motifs is 1. The van der Waals surface area contributed by atoms with E-state index < -0.39 is 0 Å². The molecule has 0 aromatic carbocycles. The van der Waals surface area contributed by atoms with Crippen molar-refractivity contribution < 1.29 is 0 Å². The van der Waals surface area contributed by atoms with E-state index in [2.05, 4.69) is 18.1 Å². The van der Waals surface area contributed by atoms with Crippen LogP contribution in [0.3, 0.4) is 0 Å². The molecule has 0 aliphatic carbocycles. The van der Waals surface area contributed by atoms with Crippen LogP contribution in [0.2, 0.25) is 0 Å². The molecule has 2 saturated heterocycles. The second-order valence-corrected chi connectivity index (χ2v) is 6.27. The molecule has 0 spiro atoms. The van der Waals surface area contributed by atoms with Gasteiger partial charge in [0, 0.05) is 12.6 Å². The molecule has 0 unspecified atom stereocenters. The molecule has 2 aliphatic heterocycles. The van der Waals surface area contributed by atoms with E-state index in [1.54, 1.807) is 0 Å². The molecule has 14 heavy (non-hydrogen) atoms. The summed E-state index contributed by atoms with van der Waals surface area (Å²) < 4.78 is 0. The number of nitrogens with zero attached hydrogens (tertiary/aromatic N) is 1. The summed E-state index contributed by atoms with van der Waals surface area (Å²) in [5.74, 6) is 1.34. The van der Waals surface area contributed by atoms with Crippen LogP contribution in [0.25, 0.3) is 0 Å². The fourth-order valence-corrected chi connectivity index (χ4v) is 4.08. The molecule has 0 N–H and O–H groups in total. The van der Waals surface area contributed by atoms with Crippen LogP contribution in [-0.4, -0.2) is 36.0 Å². The summed E-state index contributed by atoms with van der Waals surface area (Å²) in [6, 6.07) is 0.943. The zero-order chi connectivity index (χ0) is 10.0. The molecule has 2 aliphatic rings. The van der Waals surface area contributed by atoms with Crippen molar-refractivity contribution in [1.29, 1.82) is 0 Å². The van der Waals surface area contributed by atoms with Crippen molar-refractivity contribution >= 4 is 11.8 Å². The average molecular weight is 213 g/mol. The second-order valence-electron chi connectivity index (χ2n) is 5.40. The summed E-state index contributed by atoms with van der Waals surface area (Å²) in [7, 11) is 0. The molecular weight excluding hydrogens is 190 g/mol. The molecule has 1 nitrogen and oxygen atoms in total. The zero-order valence-corrected chi connectivity index (χ0v) is 10.4. The van der Waals surface area contributed by atoms with Crippen molar-refractivity contribution in [3.8, 4) is 0 Å². The summed E-state index contributed by atoms with van der Waals surface area (Å²) in [6.45, 7) is 5.21. The van der Waals surface area contributed by atoms with E-state index in [0.717, 1.165) is 6.04 Å². The molecule has 82 valence electrons. The Morgan fingerprint density at radius 1 is 1.36 bits per heavy atom. The summed E-state index contributed by atoms with van der Waals surface area (Å²) >= 11 is 2.02. The quantitative estimate of drug-likeness (QED) is 0.694. The van der Waals surface area contributed by atoms with Gasteiger partial charge in [-0.1, -0.05) is 13.3 Å². The van der Waals surface area contributed by atoms with Gasteiger partial charge in [0.1, 0.15) is 0 Å². The highest BCUT2D eigenvalue weighted by atomic mass is 32.2. The lowest BCUT2D eigenvalue weighted by molar-refractivity contribution is 0.0411. The molecule has 0 aromatic heterocycles. The van der Waals surface area contributed by atoms with E-state index in [1.807, 2.05) is 11.8 Å². The molecule has 0 saturated carbocycles. The standard InChI is InChI=1S/C12H23NS/c1-12(10-14-2)7-6-11-5-3-4-8-13(11)9-12/h11H,3-10H2,1-2H3/t11-,12+/m1/s1. The maximum absolute atomic E-state index is 2.77. The minimum atomic E-state index is 0.604. The predicted octanol–water partition coefficient (Wildman–Crippen LogP) is 3.00. The van der Waals surface area contributed by atoms with E-state index >= 15 is 0 Å². The van der Waals surface area contributed by atoms with Gasteiger partial charge in [0.05, 0.1) is 0 Å². The first-order valence-electron chi connectivity index (χ1n) is 5.96. The lowest BCUT2D eigenvalue weighted by Crippen LogP contribution is -2.50. The van der Waals surface area contributed by atoms with Gasteiger partial charge in [0.2, 0.25) is 0 Å². The van der Waals surface area contributed by atoms with Crippen molar-refractivity contribution in [1.82, 2.24) is 4.90 Å². The summed E-state index contributed by atoms with van der Waals surface area (Å²) in [5, 5.41) is 0. The molecule has 2 atom stereocenters. The Bertz CT molecular complexity index is 195. The first-order valence-corrected chi connectivity index (χ1v) is 7.36. The third-order valence-corrected chi connectivity index (χ3v) is 4.89. The van der Waals surface area contributed by atoms with Gasteiger partial charge in [-0.15, -0.1) is 0 Å². The zero-order valence-electron chi connectivity index (χ0n) is 9.59. The third kappa shape index (κ3) is 2.27. The van der Waals surface area contributed by atoms with Gasteiger partial charge in [-0.2, -0.15) is 11.8 Å². The highest BCUT2D eigenvalue weighted by molar-refractivity contribution is 7.98. The smallest absolute Gasteiger partial charge is 0.00957 e. The molecule has 2 fully saturated rings. The van der Waals surface area contributed by atoms with Crippen LogP contribution in [0.4, 0.5) is 0 Å². The van der Waals surface area contributed by atoms with Gasteiger partial charge in [0.15, 0.2) is 0 Å². The van der Waals surface area contributed by atoms with E-state index in [4.69, 9.17) is 0 Å². The van der Waals surface area contributed by atoms with Crippen molar-refractivity contribution in [2.75, 3.05) is 25.1 Å². The lowest BCUT2D eigenvalue weighted by atomic mass is 9.78. The fraction of sp³-hybridized carbons (Fsp3) is 1.00. The Labute approximate surface area is 92.6 Å². The molecule has 0 amide bonds. The van der Waals surface area contributed by atoms with Crippen molar-refractivity contribution in [3.63, 3.8) is 0 Å². The Balaban J connectivity index is 1.94. The Hall–Kier alpha value is 0.310. The molecule has 0 radical (unpaired) electrons. The fourth-order valence-electron chi connectivity index (χ4n) is 3.15. The van der Waals surface area contributed by atoms with Crippen LogP contribution >= 0.6 is 11.8 Å². The number of thioether (sulfide) groups is 1. The van der Waals surface area contributed by atoms with Gasteiger partial charge in [-0.05, 0) is 49.7 Å². The first-order chi connectivity index (χ1) is 6.73.